The first kappa shape index (κ1) is 8.74. The highest BCUT2D eigenvalue weighted by atomic mass is 15.1. The average Bonchev–Trinajstić information content (AvgIpc) is 2.23. The molecule has 0 bridgehead atoms. The zero-order valence-corrected chi connectivity index (χ0v) is 8.53. The van der Waals surface area contributed by atoms with E-state index < -0.39 is 0 Å². The smallest absolute Gasteiger partial charge is 0.0510 e. The van der Waals surface area contributed by atoms with Crippen molar-refractivity contribution in [2.24, 2.45) is 0 Å². The second-order valence-corrected chi connectivity index (χ2v) is 4.06. The molecule has 1 aliphatic rings. The minimum Gasteiger partial charge on any atom is -0.380 e. The van der Waals surface area contributed by atoms with Crippen LogP contribution in [0.15, 0.2) is 42.5 Å². The molecule has 1 fully saturated rings. The summed E-state index contributed by atoms with van der Waals surface area (Å²) in [6.07, 6.45) is 0. The molecule has 0 saturated carbocycles. The maximum absolute atomic E-state index is 3.51. The summed E-state index contributed by atoms with van der Waals surface area (Å²) in [7, 11) is 0. The molecule has 0 spiro atoms. The molecule has 0 amide bonds. The lowest BCUT2D eigenvalue weighted by Gasteiger charge is -2.29. The van der Waals surface area contributed by atoms with Gasteiger partial charge in [0.1, 0.15) is 0 Å². The van der Waals surface area contributed by atoms with Gasteiger partial charge >= 0.3 is 0 Å². The van der Waals surface area contributed by atoms with Gasteiger partial charge < -0.3 is 10.6 Å². The van der Waals surface area contributed by atoms with Crippen LogP contribution in [0, 0.1) is 0 Å². The number of rotatable bonds is 2. The first-order valence-electron chi connectivity index (χ1n) is 5.38. The average molecular weight is 198 g/mol. The van der Waals surface area contributed by atoms with Crippen molar-refractivity contribution >= 4 is 16.5 Å². The summed E-state index contributed by atoms with van der Waals surface area (Å²) in [6, 6.07) is 15.6. The van der Waals surface area contributed by atoms with Crippen molar-refractivity contribution < 1.29 is 0 Å². The molecule has 3 rings (SSSR count). The molecule has 0 unspecified atom stereocenters. The van der Waals surface area contributed by atoms with Crippen LogP contribution in [0.1, 0.15) is 0 Å². The summed E-state index contributed by atoms with van der Waals surface area (Å²) in [5.41, 5.74) is 1.22. The Morgan fingerprint density at radius 2 is 1.80 bits per heavy atom. The topological polar surface area (TPSA) is 24.1 Å². The summed E-state index contributed by atoms with van der Waals surface area (Å²) in [5, 5.41) is 9.37. The van der Waals surface area contributed by atoms with Crippen LogP contribution < -0.4 is 10.6 Å². The molecule has 2 aromatic carbocycles. The van der Waals surface area contributed by atoms with Gasteiger partial charge in [-0.05, 0) is 22.9 Å². The number of benzene rings is 2. The van der Waals surface area contributed by atoms with Gasteiger partial charge in [0.15, 0.2) is 0 Å². The van der Waals surface area contributed by atoms with E-state index >= 15 is 0 Å². The van der Waals surface area contributed by atoms with E-state index in [4.69, 9.17) is 0 Å². The van der Waals surface area contributed by atoms with Gasteiger partial charge in [-0.3, -0.25) is 0 Å². The first-order valence-corrected chi connectivity index (χ1v) is 5.38. The van der Waals surface area contributed by atoms with E-state index in [9.17, 15) is 0 Å². The molecule has 2 heteroatoms. The lowest BCUT2D eigenvalue weighted by Crippen LogP contribution is -2.51. The molecule has 1 saturated heterocycles. The van der Waals surface area contributed by atoms with E-state index in [2.05, 4.69) is 53.1 Å². The summed E-state index contributed by atoms with van der Waals surface area (Å²) < 4.78 is 0. The molecule has 15 heavy (non-hydrogen) atoms. The standard InChI is InChI=1S/C13H14N2/c1-2-4-11-7-12(6-5-10(11)3-1)15-13-8-14-9-13/h1-7,13-15H,8-9H2. The Hall–Kier alpha value is -1.54. The molecule has 0 radical (unpaired) electrons. The van der Waals surface area contributed by atoms with Crippen LogP contribution in [-0.4, -0.2) is 19.1 Å². The van der Waals surface area contributed by atoms with Crippen molar-refractivity contribution in [1.82, 2.24) is 5.32 Å². The number of nitrogens with one attached hydrogen (secondary N) is 2. The van der Waals surface area contributed by atoms with Crippen molar-refractivity contribution in [3.8, 4) is 0 Å². The molecule has 2 N–H and O–H groups in total. The minimum atomic E-state index is 0.603. The van der Waals surface area contributed by atoms with Crippen molar-refractivity contribution in [1.29, 1.82) is 0 Å². The molecular formula is C13H14N2. The number of hydrogen-bond donors (Lipinski definition) is 2. The Balaban J connectivity index is 1.91. The predicted octanol–water partition coefficient (Wildman–Crippen LogP) is 2.22. The number of fused-ring (bicyclic) bond motifs is 1. The number of hydrogen-bond acceptors (Lipinski definition) is 2. The van der Waals surface area contributed by atoms with E-state index in [0.29, 0.717) is 6.04 Å². The van der Waals surface area contributed by atoms with Gasteiger partial charge in [-0.1, -0.05) is 30.3 Å². The third-order valence-corrected chi connectivity index (χ3v) is 2.90. The maximum atomic E-state index is 3.51. The third kappa shape index (κ3) is 1.68. The Morgan fingerprint density at radius 3 is 2.53 bits per heavy atom. The van der Waals surface area contributed by atoms with Crippen LogP contribution >= 0.6 is 0 Å². The summed E-state index contributed by atoms with van der Waals surface area (Å²) in [4.78, 5) is 0. The summed E-state index contributed by atoms with van der Waals surface area (Å²) in [6.45, 7) is 2.15. The fourth-order valence-electron chi connectivity index (χ4n) is 1.91. The molecule has 0 aliphatic carbocycles. The van der Waals surface area contributed by atoms with E-state index in [1.807, 2.05) is 0 Å². The second kappa shape index (κ2) is 3.55. The highest BCUT2D eigenvalue weighted by molar-refractivity contribution is 5.85. The van der Waals surface area contributed by atoms with Crippen molar-refractivity contribution in [2.75, 3.05) is 18.4 Å². The van der Waals surface area contributed by atoms with Gasteiger partial charge in [-0.15, -0.1) is 0 Å². The molecule has 0 atom stereocenters. The normalized spacial score (nSPS) is 16.3. The predicted molar refractivity (Wildman–Crippen MR) is 64.2 cm³/mol. The van der Waals surface area contributed by atoms with Gasteiger partial charge in [0, 0.05) is 18.8 Å². The zero-order valence-electron chi connectivity index (χ0n) is 8.53. The molecule has 0 aromatic heterocycles. The van der Waals surface area contributed by atoms with Crippen LogP contribution in [-0.2, 0) is 0 Å². The second-order valence-electron chi connectivity index (χ2n) is 4.06. The van der Waals surface area contributed by atoms with Crippen molar-refractivity contribution in [2.45, 2.75) is 6.04 Å². The fraction of sp³-hybridized carbons (Fsp3) is 0.231. The minimum absolute atomic E-state index is 0.603. The SMILES string of the molecule is c1ccc2cc(NC3CNC3)ccc2c1. The van der Waals surface area contributed by atoms with Crippen LogP contribution in [0.5, 0.6) is 0 Å². The van der Waals surface area contributed by atoms with Gasteiger partial charge in [0.25, 0.3) is 0 Å². The van der Waals surface area contributed by atoms with Crippen LogP contribution in [0.2, 0.25) is 0 Å². The quantitative estimate of drug-likeness (QED) is 0.773. The largest absolute Gasteiger partial charge is 0.380 e. The molecule has 1 aliphatic heterocycles. The van der Waals surface area contributed by atoms with Gasteiger partial charge in [-0.2, -0.15) is 0 Å². The zero-order chi connectivity index (χ0) is 10.1. The first-order chi connectivity index (χ1) is 7.42. The van der Waals surface area contributed by atoms with Gasteiger partial charge in [0.2, 0.25) is 0 Å². The molecular weight excluding hydrogens is 184 g/mol. The maximum Gasteiger partial charge on any atom is 0.0510 e. The van der Waals surface area contributed by atoms with Gasteiger partial charge in [-0.25, -0.2) is 0 Å². The van der Waals surface area contributed by atoms with E-state index in [0.717, 1.165) is 13.1 Å². The highest BCUT2D eigenvalue weighted by Gasteiger charge is 2.15. The van der Waals surface area contributed by atoms with E-state index in [-0.39, 0.29) is 0 Å². The lowest BCUT2D eigenvalue weighted by atomic mass is 10.1. The van der Waals surface area contributed by atoms with Crippen LogP contribution in [0.4, 0.5) is 5.69 Å². The van der Waals surface area contributed by atoms with E-state index in [1.165, 1.54) is 16.5 Å². The summed E-state index contributed by atoms with van der Waals surface area (Å²) in [5.74, 6) is 0. The van der Waals surface area contributed by atoms with Gasteiger partial charge in [0.05, 0.1) is 6.04 Å². The van der Waals surface area contributed by atoms with Crippen LogP contribution in [0.25, 0.3) is 10.8 Å². The third-order valence-electron chi connectivity index (χ3n) is 2.90. The number of anilines is 1. The Bertz CT molecular complexity index is 475. The molecule has 76 valence electrons. The molecule has 2 nitrogen and oxygen atoms in total. The Morgan fingerprint density at radius 1 is 1.00 bits per heavy atom. The molecule has 1 heterocycles. The monoisotopic (exact) mass is 198 g/mol. The van der Waals surface area contributed by atoms with Crippen molar-refractivity contribution in [3.05, 3.63) is 42.5 Å². The Labute approximate surface area is 89.3 Å². The van der Waals surface area contributed by atoms with Crippen molar-refractivity contribution in [3.63, 3.8) is 0 Å². The van der Waals surface area contributed by atoms with Crippen LogP contribution in [0.3, 0.4) is 0 Å². The highest BCUT2D eigenvalue weighted by Crippen LogP contribution is 2.19. The summed E-state index contributed by atoms with van der Waals surface area (Å²) >= 11 is 0. The van der Waals surface area contributed by atoms with E-state index in [1.54, 1.807) is 0 Å². The Kier molecular flexibility index (Phi) is 2.07. The molecule has 2 aromatic rings. The lowest BCUT2D eigenvalue weighted by molar-refractivity contribution is 0.472. The fourth-order valence-corrected chi connectivity index (χ4v) is 1.91.